The van der Waals surface area contributed by atoms with Crippen LogP contribution in [0.1, 0.15) is 43.8 Å². The first kappa shape index (κ1) is 18.3. The van der Waals surface area contributed by atoms with Gasteiger partial charge in [-0.1, -0.05) is 0 Å². The number of carbonyl (C=O) groups excluding carboxylic acids is 1. The first-order valence-corrected chi connectivity index (χ1v) is 9.79. The SMILES string of the molecule is CCn1c(CN(C)C)nnc1C1CCN(C(=O)CCSC)CC1. The number of amides is 1. The van der Waals surface area contributed by atoms with Crippen LogP contribution in [0.25, 0.3) is 0 Å². The van der Waals surface area contributed by atoms with E-state index in [0.29, 0.717) is 18.2 Å². The van der Waals surface area contributed by atoms with E-state index in [-0.39, 0.29) is 0 Å². The lowest BCUT2D eigenvalue weighted by atomic mass is 9.95. The van der Waals surface area contributed by atoms with Crippen LogP contribution in [0.3, 0.4) is 0 Å². The molecular weight excluding hydrogens is 310 g/mol. The molecule has 1 aromatic heterocycles. The van der Waals surface area contributed by atoms with Crippen molar-refractivity contribution in [2.75, 3.05) is 39.2 Å². The van der Waals surface area contributed by atoms with Crippen molar-refractivity contribution in [3.8, 4) is 0 Å². The fourth-order valence-electron chi connectivity index (χ4n) is 3.13. The van der Waals surface area contributed by atoms with E-state index in [4.69, 9.17) is 0 Å². The number of nitrogens with zero attached hydrogens (tertiary/aromatic N) is 5. The Morgan fingerprint density at radius 3 is 2.57 bits per heavy atom. The summed E-state index contributed by atoms with van der Waals surface area (Å²) in [5.41, 5.74) is 0. The van der Waals surface area contributed by atoms with Crippen molar-refractivity contribution in [3.05, 3.63) is 11.6 Å². The Labute approximate surface area is 143 Å². The predicted octanol–water partition coefficient (Wildman–Crippen LogP) is 1.82. The highest BCUT2D eigenvalue weighted by atomic mass is 32.2. The van der Waals surface area contributed by atoms with Crippen LogP contribution in [-0.4, -0.2) is 69.7 Å². The summed E-state index contributed by atoms with van der Waals surface area (Å²) in [5.74, 6) is 3.76. The van der Waals surface area contributed by atoms with Gasteiger partial charge in [0, 0.05) is 37.7 Å². The maximum atomic E-state index is 12.1. The number of likely N-dealkylation sites (tertiary alicyclic amines) is 1. The van der Waals surface area contributed by atoms with E-state index in [9.17, 15) is 4.79 Å². The van der Waals surface area contributed by atoms with Gasteiger partial charge in [0.2, 0.25) is 5.91 Å². The third-order valence-corrected chi connectivity index (χ3v) is 4.98. The molecule has 1 aliphatic rings. The molecule has 0 bridgehead atoms. The number of piperidine rings is 1. The summed E-state index contributed by atoms with van der Waals surface area (Å²) in [4.78, 5) is 16.3. The van der Waals surface area contributed by atoms with Crippen molar-refractivity contribution in [1.29, 1.82) is 0 Å². The largest absolute Gasteiger partial charge is 0.343 e. The van der Waals surface area contributed by atoms with Gasteiger partial charge in [-0.25, -0.2) is 0 Å². The molecule has 1 fully saturated rings. The molecule has 0 aromatic carbocycles. The van der Waals surface area contributed by atoms with Gasteiger partial charge < -0.3 is 14.4 Å². The average molecular weight is 340 g/mol. The molecule has 2 rings (SSSR count). The highest BCUT2D eigenvalue weighted by molar-refractivity contribution is 7.98. The Morgan fingerprint density at radius 1 is 1.30 bits per heavy atom. The van der Waals surface area contributed by atoms with Crippen LogP contribution in [0, 0.1) is 0 Å². The van der Waals surface area contributed by atoms with Gasteiger partial charge in [0.05, 0.1) is 6.54 Å². The van der Waals surface area contributed by atoms with E-state index in [1.165, 1.54) is 0 Å². The fraction of sp³-hybridized carbons (Fsp3) is 0.812. The van der Waals surface area contributed by atoms with Gasteiger partial charge in [-0.3, -0.25) is 4.79 Å². The topological polar surface area (TPSA) is 54.3 Å². The second-order valence-corrected chi connectivity index (χ2v) is 7.34. The molecule has 0 spiro atoms. The van der Waals surface area contributed by atoms with E-state index in [2.05, 4.69) is 26.6 Å². The Kier molecular flexibility index (Phi) is 6.89. The molecule has 1 aliphatic heterocycles. The molecule has 0 atom stereocenters. The van der Waals surface area contributed by atoms with E-state index in [0.717, 1.165) is 56.4 Å². The maximum absolute atomic E-state index is 12.1. The molecule has 0 aliphatic carbocycles. The lowest BCUT2D eigenvalue weighted by Crippen LogP contribution is -2.38. The highest BCUT2D eigenvalue weighted by Gasteiger charge is 2.27. The van der Waals surface area contributed by atoms with Crippen LogP contribution in [0.5, 0.6) is 0 Å². The zero-order chi connectivity index (χ0) is 16.8. The second kappa shape index (κ2) is 8.68. The Hall–Kier alpha value is -1.08. The van der Waals surface area contributed by atoms with Crippen LogP contribution in [0.15, 0.2) is 0 Å². The first-order valence-electron chi connectivity index (χ1n) is 8.40. The quantitative estimate of drug-likeness (QED) is 0.758. The van der Waals surface area contributed by atoms with Gasteiger partial charge >= 0.3 is 0 Å². The Balaban J connectivity index is 1.97. The molecule has 1 saturated heterocycles. The molecule has 2 heterocycles. The van der Waals surface area contributed by atoms with Crippen molar-refractivity contribution < 1.29 is 4.79 Å². The summed E-state index contributed by atoms with van der Waals surface area (Å²) in [6, 6.07) is 0. The maximum Gasteiger partial charge on any atom is 0.223 e. The highest BCUT2D eigenvalue weighted by Crippen LogP contribution is 2.27. The Morgan fingerprint density at radius 2 is 2.00 bits per heavy atom. The summed E-state index contributed by atoms with van der Waals surface area (Å²) in [5, 5.41) is 8.85. The van der Waals surface area contributed by atoms with Gasteiger partial charge in [0.1, 0.15) is 11.6 Å². The first-order chi connectivity index (χ1) is 11.1. The minimum atomic E-state index is 0.294. The standard InChI is InChI=1S/C16H29N5OS/c1-5-21-14(12-19(2)3)17-18-16(21)13-6-9-20(10-7-13)15(22)8-11-23-4/h13H,5-12H2,1-4H3. The monoisotopic (exact) mass is 339 g/mol. The lowest BCUT2D eigenvalue weighted by Gasteiger charge is -2.31. The zero-order valence-electron chi connectivity index (χ0n) is 14.8. The normalized spacial score (nSPS) is 16.3. The predicted molar refractivity (Wildman–Crippen MR) is 94.6 cm³/mol. The number of hydrogen-bond donors (Lipinski definition) is 0. The van der Waals surface area contributed by atoms with Crippen molar-refractivity contribution in [3.63, 3.8) is 0 Å². The molecule has 1 aromatic rings. The molecule has 0 unspecified atom stereocenters. The van der Waals surface area contributed by atoms with Crippen molar-refractivity contribution in [2.24, 2.45) is 0 Å². The van der Waals surface area contributed by atoms with E-state index in [1.807, 2.05) is 25.3 Å². The molecule has 0 N–H and O–H groups in total. The minimum Gasteiger partial charge on any atom is -0.343 e. The number of rotatable bonds is 7. The lowest BCUT2D eigenvalue weighted by molar-refractivity contribution is -0.131. The number of thioether (sulfide) groups is 1. The third-order valence-electron chi connectivity index (χ3n) is 4.36. The molecule has 1 amide bonds. The van der Waals surface area contributed by atoms with Crippen molar-refractivity contribution >= 4 is 17.7 Å². The van der Waals surface area contributed by atoms with Gasteiger partial charge in [0.25, 0.3) is 0 Å². The molecule has 6 nitrogen and oxygen atoms in total. The molecule has 0 saturated carbocycles. The van der Waals surface area contributed by atoms with Gasteiger partial charge in [-0.2, -0.15) is 11.8 Å². The summed E-state index contributed by atoms with van der Waals surface area (Å²) in [6.45, 7) is 5.55. The van der Waals surface area contributed by atoms with E-state index >= 15 is 0 Å². The number of hydrogen-bond acceptors (Lipinski definition) is 5. The zero-order valence-corrected chi connectivity index (χ0v) is 15.6. The summed E-state index contributed by atoms with van der Waals surface area (Å²) >= 11 is 1.73. The third kappa shape index (κ3) is 4.70. The van der Waals surface area contributed by atoms with Gasteiger partial charge in [0.15, 0.2) is 0 Å². The fourth-order valence-corrected chi connectivity index (χ4v) is 3.51. The van der Waals surface area contributed by atoms with Crippen LogP contribution in [-0.2, 0) is 17.9 Å². The van der Waals surface area contributed by atoms with Gasteiger partial charge in [-0.05, 0) is 40.1 Å². The Bertz CT molecular complexity index is 509. The molecule has 130 valence electrons. The van der Waals surface area contributed by atoms with Crippen LogP contribution < -0.4 is 0 Å². The molecule has 7 heteroatoms. The van der Waals surface area contributed by atoms with Gasteiger partial charge in [-0.15, -0.1) is 10.2 Å². The molecular formula is C16H29N5OS. The van der Waals surface area contributed by atoms with Crippen LogP contribution >= 0.6 is 11.8 Å². The van der Waals surface area contributed by atoms with E-state index < -0.39 is 0 Å². The molecule has 23 heavy (non-hydrogen) atoms. The smallest absolute Gasteiger partial charge is 0.223 e. The summed E-state index contributed by atoms with van der Waals surface area (Å²) < 4.78 is 2.25. The van der Waals surface area contributed by atoms with Crippen LogP contribution in [0.4, 0.5) is 0 Å². The summed E-state index contributed by atoms with van der Waals surface area (Å²) in [6.07, 6.45) is 4.68. The van der Waals surface area contributed by atoms with Crippen LogP contribution in [0.2, 0.25) is 0 Å². The van der Waals surface area contributed by atoms with Crippen molar-refractivity contribution in [2.45, 2.75) is 45.2 Å². The number of carbonyl (C=O) groups is 1. The number of aromatic nitrogens is 3. The summed E-state index contributed by atoms with van der Waals surface area (Å²) in [7, 11) is 4.10. The van der Waals surface area contributed by atoms with E-state index in [1.54, 1.807) is 11.8 Å². The average Bonchev–Trinajstić information content (AvgIpc) is 2.94. The molecule has 0 radical (unpaired) electrons. The second-order valence-electron chi connectivity index (χ2n) is 6.35. The van der Waals surface area contributed by atoms with Crippen molar-refractivity contribution in [1.82, 2.24) is 24.6 Å². The minimum absolute atomic E-state index is 0.294.